The SMILES string of the molecule is c1ccc(-c2ccc3c(c2)Sc2cc(-c4ccc5oc6cccc(-c7nc(-c8ccccc8)nc(-c8ccccc8)n7)c6c5c4)ccc2N3c2nc(-c3ccccc3)c3ccccc3n2)cc1. The van der Waals surface area contributed by atoms with Crippen molar-refractivity contribution < 1.29 is 4.42 Å². The van der Waals surface area contributed by atoms with Crippen LogP contribution in [0.2, 0.25) is 0 Å². The molecular formula is C59H36N6OS. The monoisotopic (exact) mass is 876 g/mol. The number of nitrogens with zero attached hydrogens (tertiary/aromatic N) is 6. The van der Waals surface area contributed by atoms with Crippen LogP contribution in [0.15, 0.2) is 233 Å². The van der Waals surface area contributed by atoms with E-state index < -0.39 is 0 Å². The minimum Gasteiger partial charge on any atom is -0.456 e. The first-order valence-electron chi connectivity index (χ1n) is 22.2. The molecule has 0 saturated carbocycles. The minimum absolute atomic E-state index is 0.580. The number of para-hydroxylation sites is 1. The summed E-state index contributed by atoms with van der Waals surface area (Å²) in [4.78, 5) is 30.2. The van der Waals surface area contributed by atoms with E-state index in [0.29, 0.717) is 23.4 Å². The van der Waals surface area contributed by atoms with Gasteiger partial charge in [-0.15, -0.1) is 0 Å². The van der Waals surface area contributed by atoms with Crippen molar-refractivity contribution in [2.24, 2.45) is 0 Å². The molecule has 8 heteroatoms. The van der Waals surface area contributed by atoms with Gasteiger partial charge in [0.2, 0.25) is 5.95 Å². The van der Waals surface area contributed by atoms with Gasteiger partial charge < -0.3 is 4.42 Å². The lowest BCUT2D eigenvalue weighted by molar-refractivity contribution is 0.669. The van der Waals surface area contributed by atoms with Crippen molar-refractivity contribution in [3.63, 3.8) is 0 Å². The molecule has 0 aliphatic carbocycles. The fourth-order valence-electron chi connectivity index (χ4n) is 9.12. The molecule has 0 bridgehead atoms. The molecule has 9 aromatic carbocycles. The van der Waals surface area contributed by atoms with Gasteiger partial charge in [0, 0.05) is 48.2 Å². The van der Waals surface area contributed by atoms with Gasteiger partial charge in [-0.3, -0.25) is 4.90 Å². The molecule has 0 amide bonds. The molecule has 12 aromatic rings. The Morgan fingerprint density at radius 2 is 0.896 bits per heavy atom. The Hall–Kier alpha value is -8.72. The standard InChI is InChI=1S/C59H36N6OS/c1-5-16-37(17-6-1)42-28-31-48-52(35-42)67-53-36-43(29-32-49(53)65(48)59-60-47-26-14-13-24-44(47)55(61-59)38-18-7-2-8-19-38)41-30-33-50-46(34-41)54-45(25-15-27-51(54)66-50)58-63-56(39-20-9-3-10-21-39)62-57(64-58)40-22-11-4-12-23-40/h1-36H. The molecule has 0 unspecified atom stereocenters. The lowest BCUT2D eigenvalue weighted by atomic mass is 10.00. The van der Waals surface area contributed by atoms with E-state index in [-0.39, 0.29) is 0 Å². The predicted octanol–water partition coefficient (Wildman–Crippen LogP) is 15.7. The Morgan fingerprint density at radius 1 is 0.358 bits per heavy atom. The number of hydrogen-bond donors (Lipinski definition) is 0. The second-order valence-electron chi connectivity index (χ2n) is 16.5. The van der Waals surface area contributed by atoms with Gasteiger partial charge in [0.15, 0.2) is 17.5 Å². The third-order valence-electron chi connectivity index (χ3n) is 12.3. The van der Waals surface area contributed by atoms with Crippen LogP contribution < -0.4 is 4.90 Å². The van der Waals surface area contributed by atoms with E-state index in [1.54, 1.807) is 11.8 Å². The normalized spacial score (nSPS) is 12.1. The Balaban J connectivity index is 0.963. The summed E-state index contributed by atoms with van der Waals surface area (Å²) in [6, 6.07) is 75.2. The largest absolute Gasteiger partial charge is 0.456 e. The van der Waals surface area contributed by atoms with Crippen molar-refractivity contribution >= 4 is 61.9 Å². The van der Waals surface area contributed by atoms with Crippen LogP contribution in [-0.2, 0) is 0 Å². The quantitative estimate of drug-likeness (QED) is 0.157. The van der Waals surface area contributed by atoms with Crippen LogP contribution in [0.25, 0.3) is 101 Å². The van der Waals surface area contributed by atoms with E-state index in [2.05, 4.69) is 132 Å². The molecule has 1 aliphatic heterocycles. The van der Waals surface area contributed by atoms with Crippen LogP contribution in [0.3, 0.4) is 0 Å². The van der Waals surface area contributed by atoms with E-state index in [0.717, 1.165) is 104 Å². The number of fused-ring (bicyclic) bond motifs is 6. The number of furan rings is 1. The highest BCUT2D eigenvalue weighted by Crippen LogP contribution is 2.53. The van der Waals surface area contributed by atoms with Crippen LogP contribution in [0.1, 0.15) is 0 Å². The summed E-state index contributed by atoms with van der Waals surface area (Å²) in [6.45, 7) is 0. The number of aromatic nitrogens is 5. The van der Waals surface area contributed by atoms with Crippen LogP contribution in [0.4, 0.5) is 17.3 Å². The third-order valence-corrected chi connectivity index (χ3v) is 13.4. The molecule has 13 rings (SSSR count). The van der Waals surface area contributed by atoms with Gasteiger partial charge in [-0.1, -0.05) is 182 Å². The highest BCUT2D eigenvalue weighted by molar-refractivity contribution is 7.99. The first-order chi connectivity index (χ1) is 33.2. The average molecular weight is 877 g/mol. The summed E-state index contributed by atoms with van der Waals surface area (Å²) in [5.41, 5.74) is 13.6. The second kappa shape index (κ2) is 16.1. The summed E-state index contributed by atoms with van der Waals surface area (Å²) in [5.74, 6) is 2.41. The van der Waals surface area contributed by atoms with Gasteiger partial charge in [-0.2, -0.15) is 0 Å². The van der Waals surface area contributed by atoms with Crippen molar-refractivity contribution in [3.8, 4) is 67.7 Å². The molecule has 7 nitrogen and oxygen atoms in total. The van der Waals surface area contributed by atoms with E-state index in [9.17, 15) is 0 Å². The number of rotatable bonds is 7. The van der Waals surface area contributed by atoms with Crippen LogP contribution in [-0.4, -0.2) is 24.9 Å². The zero-order chi connectivity index (χ0) is 44.3. The van der Waals surface area contributed by atoms with Gasteiger partial charge in [0.05, 0.1) is 22.6 Å². The second-order valence-corrected chi connectivity index (χ2v) is 17.5. The number of benzene rings is 9. The Labute approximate surface area is 390 Å². The number of anilines is 3. The molecule has 3 aromatic heterocycles. The lowest BCUT2D eigenvalue weighted by Crippen LogP contribution is -2.18. The first-order valence-corrected chi connectivity index (χ1v) is 23.0. The maximum Gasteiger partial charge on any atom is 0.235 e. The molecule has 4 heterocycles. The van der Waals surface area contributed by atoms with Crippen LogP contribution >= 0.6 is 11.8 Å². The summed E-state index contributed by atoms with van der Waals surface area (Å²) in [5, 5.41) is 2.94. The third kappa shape index (κ3) is 6.90. The fourth-order valence-corrected chi connectivity index (χ4v) is 10.3. The number of hydrogen-bond acceptors (Lipinski definition) is 8. The van der Waals surface area contributed by atoms with Crippen molar-refractivity contribution in [2.75, 3.05) is 4.90 Å². The maximum absolute atomic E-state index is 6.55. The van der Waals surface area contributed by atoms with Gasteiger partial charge in [0.1, 0.15) is 11.2 Å². The highest BCUT2D eigenvalue weighted by atomic mass is 32.2. The molecule has 0 fully saturated rings. The summed E-state index contributed by atoms with van der Waals surface area (Å²) < 4.78 is 6.55. The van der Waals surface area contributed by atoms with Crippen LogP contribution in [0.5, 0.6) is 0 Å². The average Bonchev–Trinajstić information content (AvgIpc) is 3.79. The highest BCUT2D eigenvalue weighted by Gasteiger charge is 2.29. The van der Waals surface area contributed by atoms with E-state index in [1.165, 1.54) is 0 Å². The summed E-state index contributed by atoms with van der Waals surface area (Å²) in [7, 11) is 0. The minimum atomic E-state index is 0.580. The lowest BCUT2D eigenvalue weighted by Gasteiger charge is -2.32. The maximum atomic E-state index is 6.55. The molecule has 0 N–H and O–H groups in total. The van der Waals surface area contributed by atoms with Gasteiger partial charge in [0.25, 0.3) is 0 Å². The Morgan fingerprint density at radius 3 is 1.55 bits per heavy atom. The van der Waals surface area contributed by atoms with Crippen LogP contribution in [0, 0.1) is 0 Å². The van der Waals surface area contributed by atoms with E-state index in [4.69, 9.17) is 29.3 Å². The predicted molar refractivity (Wildman–Crippen MR) is 272 cm³/mol. The Kier molecular flexibility index (Phi) is 9.28. The summed E-state index contributed by atoms with van der Waals surface area (Å²) >= 11 is 1.77. The molecule has 1 aliphatic rings. The topological polar surface area (TPSA) is 80.8 Å². The van der Waals surface area contributed by atoms with Crippen molar-refractivity contribution in [3.05, 3.63) is 218 Å². The molecule has 314 valence electrons. The zero-order valence-corrected chi connectivity index (χ0v) is 36.6. The Bertz CT molecular complexity index is 3790. The van der Waals surface area contributed by atoms with Crippen molar-refractivity contribution in [1.29, 1.82) is 0 Å². The van der Waals surface area contributed by atoms with Crippen molar-refractivity contribution in [1.82, 2.24) is 24.9 Å². The smallest absolute Gasteiger partial charge is 0.235 e. The zero-order valence-electron chi connectivity index (χ0n) is 35.8. The van der Waals surface area contributed by atoms with Gasteiger partial charge in [-0.25, -0.2) is 24.9 Å². The molecule has 0 spiro atoms. The molecule has 67 heavy (non-hydrogen) atoms. The first kappa shape index (κ1) is 38.7. The summed E-state index contributed by atoms with van der Waals surface area (Å²) in [6.07, 6.45) is 0. The molecule has 0 radical (unpaired) electrons. The van der Waals surface area contributed by atoms with E-state index in [1.807, 2.05) is 91.0 Å². The van der Waals surface area contributed by atoms with Gasteiger partial charge >= 0.3 is 0 Å². The van der Waals surface area contributed by atoms with Crippen molar-refractivity contribution in [2.45, 2.75) is 9.79 Å². The molecular weight excluding hydrogens is 841 g/mol. The molecule has 0 saturated heterocycles. The fraction of sp³-hybridized carbons (Fsp3) is 0. The van der Waals surface area contributed by atoms with E-state index >= 15 is 0 Å². The molecule has 0 atom stereocenters. The van der Waals surface area contributed by atoms with Gasteiger partial charge in [-0.05, 0) is 70.8 Å².